The highest BCUT2D eigenvalue weighted by molar-refractivity contribution is 9.10. The van der Waals surface area contributed by atoms with Crippen LogP contribution < -0.4 is 5.32 Å². The maximum absolute atomic E-state index is 12.3. The summed E-state index contributed by atoms with van der Waals surface area (Å²) < 4.78 is 0.992. The molecule has 1 N–H and O–H groups in total. The normalized spacial score (nSPS) is 24.3. The molecule has 1 saturated heterocycles. The van der Waals surface area contributed by atoms with Crippen molar-refractivity contribution in [2.24, 2.45) is 0 Å². The molecule has 2 rings (SSSR count). The largest absolute Gasteiger partial charge is 0.343 e. The third-order valence-electron chi connectivity index (χ3n) is 3.16. The molecular weight excluding hydrogens is 316 g/mol. The average Bonchev–Trinajstić information content (AvgIpc) is 2.75. The third-order valence-corrected chi connectivity index (χ3v) is 5.07. The molecule has 0 saturated carbocycles. The summed E-state index contributed by atoms with van der Waals surface area (Å²) >= 11 is 5.04. The summed E-state index contributed by atoms with van der Waals surface area (Å²) in [6.07, 6.45) is 0.624. The van der Waals surface area contributed by atoms with Crippen molar-refractivity contribution in [2.45, 2.75) is 38.9 Å². The fourth-order valence-electron chi connectivity index (χ4n) is 1.97. The molecule has 2 atom stereocenters. The van der Waals surface area contributed by atoms with Crippen molar-refractivity contribution in [2.75, 3.05) is 0 Å². The summed E-state index contributed by atoms with van der Waals surface area (Å²) in [6.45, 7) is 4.15. The van der Waals surface area contributed by atoms with Crippen LogP contribution in [0.2, 0.25) is 0 Å². The molecule has 1 aliphatic heterocycles. The third kappa shape index (κ3) is 2.44. The molecule has 0 aromatic carbocycles. The fraction of sp³-hybridized carbons (Fsp3) is 0.500. The lowest BCUT2D eigenvalue weighted by Crippen LogP contribution is -2.61. The predicted octanol–water partition coefficient (Wildman–Crippen LogP) is 2.14. The summed E-state index contributed by atoms with van der Waals surface area (Å²) in [6, 6.07) is 1.16. The number of amides is 2. The Hall–Kier alpha value is -0.880. The first-order chi connectivity index (χ1) is 8.54. The van der Waals surface area contributed by atoms with E-state index in [0.29, 0.717) is 13.0 Å². The Bertz CT molecular complexity index is 474. The zero-order valence-corrected chi connectivity index (χ0v) is 12.7. The van der Waals surface area contributed by atoms with Gasteiger partial charge in [-0.25, -0.2) is 0 Å². The van der Waals surface area contributed by atoms with Crippen LogP contribution >= 0.6 is 27.3 Å². The quantitative estimate of drug-likeness (QED) is 0.923. The van der Waals surface area contributed by atoms with E-state index in [1.54, 1.807) is 23.2 Å². The van der Waals surface area contributed by atoms with Crippen molar-refractivity contribution in [1.82, 2.24) is 10.2 Å². The van der Waals surface area contributed by atoms with Crippen LogP contribution in [0, 0.1) is 0 Å². The first-order valence-electron chi connectivity index (χ1n) is 5.87. The number of carbonyl (C=O) groups is 2. The number of nitrogens with one attached hydrogen (secondary N) is 1. The molecular formula is C12H15BrN2O2S. The molecule has 2 unspecified atom stereocenters. The summed E-state index contributed by atoms with van der Waals surface area (Å²) in [5.41, 5.74) is 0. The Morgan fingerprint density at radius 2 is 2.22 bits per heavy atom. The van der Waals surface area contributed by atoms with E-state index in [4.69, 9.17) is 0 Å². The minimum absolute atomic E-state index is 0.00454. The van der Waals surface area contributed by atoms with Gasteiger partial charge in [-0.05, 0) is 40.7 Å². The summed E-state index contributed by atoms with van der Waals surface area (Å²) in [5, 5.41) is 4.72. The van der Waals surface area contributed by atoms with Crippen molar-refractivity contribution in [1.29, 1.82) is 0 Å². The molecule has 98 valence electrons. The molecule has 0 aliphatic carbocycles. The van der Waals surface area contributed by atoms with Gasteiger partial charge in [0, 0.05) is 9.35 Å². The molecule has 4 nitrogen and oxygen atoms in total. The van der Waals surface area contributed by atoms with Gasteiger partial charge < -0.3 is 10.2 Å². The van der Waals surface area contributed by atoms with Crippen LogP contribution in [0.3, 0.4) is 0 Å². The lowest BCUT2D eigenvalue weighted by atomic mass is 10.1. The first kappa shape index (κ1) is 13.5. The molecule has 0 bridgehead atoms. The Balaban J connectivity index is 2.21. The smallest absolute Gasteiger partial charge is 0.246 e. The average molecular weight is 331 g/mol. The van der Waals surface area contributed by atoms with E-state index in [9.17, 15) is 9.59 Å². The zero-order chi connectivity index (χ0) is 13.3. The van der Waals surface area contributed by atoms with Crippen LogP contribution in [-0.2, 0) is 16.1 Å². The second kappa shape index (κ2) is 5.40. The van der Waals surface area contributed by atoms with E-state index in [1.165, 1.54) is 0 Å². The highest BCUT2D eigenvalue weighted by Gasteiger charge is 2.37. The molecule has 1 aromatic rings. The van der Waals surface area contributed by atoms with Gasteiger partial charge in [-0.2, -0.15) is 0 Å². The molecule has 2 amide bonds. The Kier molecular flexibility index (Phi) is 4.07. The molecule has 18 heavy (non-hydrogen) atoms. The standard InChI is InChI=1S/C12H15BrN2O2S/c1-3-9-12(17)15(7(2)11(16)14-9)6-10-8(13)4-5-18-10/h4-5,7,9H,3,6H2,1-2H3,(H,14,16). The van der Waals surface area contributed by atoms with Crippen molar-refractivity contribution in [3.8, 4) is 0 Å². The van der Waals surface area contributed by atoms with Gasteiger partial charge in [0.15, 0.2) is 0 Å². The Morgan fingerprint density at radius 1 is 1.50 bits per heavy atom. The number of piperazine rings is 1. The van der Waals surface area contributed by atoms with Gasteiger partial charge in [0.2, 0.25) is 11.8 Å². The van der Waals surface area contributed by atoms with Crippen LogP contribution in [0.15, 0.2) is 15.9 Å². The lowest BCUT2D eigenvalue weighted by Gasteiger charge is -2.36. The van der Waals surface area contributed by atoms with Gasteiger partial charge in [-0.15, -0.1) is 11.3 Å². The van der Waals surface area contributed by atoms with E-state index < -0.39 is 6.04 Å². The number of halogens is 1. The topological polar surface area (TPSA) is 49.4 Å². The minimum Gasteiger partial charge on any atom is -0.343 e. The van der Waals surface area contributed by atoms with E-state index >= 15 is 0 Å². The lowest BCUT2D eigenvalue weighted by molar-refractivity contribution is -0.149. The second-order valence-electron chi connectivity index (χ2n) is 4.30. The maximum Gasteiger partial charge on any atom is 0.246 e. The number of carbonyl (C=O) groups excluding carboxylic acids is 2. The van der Waals surface area contributed by atoms with Gasteiger partial charge in [0.05, 0.1) is 6.54 Å². The summed E-state index contributed by atoms with van der Waals surface area (Å²) in [4.78, 5) is 26.8. The number of hydrogen-bond donors (Lipinski definition) is 1. The summed E-state index contributed by atoms with van der Waals surface area (Å²) in [7, 11) is 0. The van der Waals surface area contributed by atoms with Gasteiger partial charge in [0.1, 0.15) is 12.1 Å². The zero-order valence-electron chi connectivity index (χ0n) is 10.3. The molecule has 6 heteroatoms. The SMILES string of the molecule is CCC1NC(=O)C(C)N(Cc2sccc2Br)C1=O. The van der Waals surface area contributed by atoms with Gasteiger partial charge >= 0.3 is 0 Å². The molecule has 0 spiro atoms. The molecule has 2 heterocycles. The van der Waals surface area contributed by atoms with E-state index in [0.717, 1.165) is 9.35 Å². The monoisotopic (exact) mass is 330 g/mol. The number of hydrogen-bond acceptors (Lipinski definition) is 3. The van der Waals surface area contributed by atoms with Crippen LogP contribution in [-0.4, -0.2) is 28.8 Å². The van der Waals surface area contributed by atoms with Crippen molar-refractivity contribution >= 4 is 39.1 Å². The molecule has 1 aliphatic rings. The molecule has 1 fully saturated rings. The highest BCUT2D eigenvalue weighted by Crippen LogP contribution is 2.26. The van der Waals surface area contributed by atoms with Crippen molar-refractivity contribution < 1.29 is 9.59 Å². The Labute approximate surface area is 118 Å². The predicted molar refractivity (Wildman–Crippen MR) is 74.3 cm³/mol. The highest BCUT2D eigenvalue weighted by atomic mass is 79.9. The van der Waals surface area contributed by atoms with Crippen LogP contribution in [0.5, 0.6) is 0 Å². The van der Waals surface area contributed by atoms with E-state index in [1.807, 2.05) is 18.4 Å². The Morgan fingerprint density at radius 3 is 2.78 bits per heavy atom. The minimum atomic E-state index is -0.408. The van der Waals surface area contributed by atoms with Crippen LogP contribution in [0.25, 0.3) is 0 Å². The van der Waals surface area contributed by atoms with Crippen LogP contribution in [0.1, 0.15) is 25.1 Å². The van der Waals surface area contributed by atoms with Crippen LogP contribution in [0.4, 0.5) is 0 Å². The molecule has 0 radical (unpaired) electrons. The summed E-state index contributed by atoms with van der Waals surface area (Å²) in [5.74, 6) is -0.0703. The molecule has 1 aromatic heterocycles. The first-order valence-corrected chi connectivity index (χ1v) is 7.54. The number of thiophene rings is 1. The second-order valence-corrected chi connectivity index (χ2v) is 6.16. The van der Waals surface area contributed by atoms with Gasteiger partial charge in [-0.1, -0.05) is 6.92 Å². The van der Waals surface area contributed by atoms with E-state index in [-0.39, 0.29) is 17.9 Å². The van der Waals surface area contributed by atoms with E-state index in [2.05, 4.69) is 21.2 Å². The van der Waals surface area contributed by atoms with Gasteiger partial charge in [0.25, 0.3) is 0 Å². The number of nitrogens with zero attached hydrogens (tertiary/aromatic N) is 1. The van der Waals surface area contributed by atoms with Crippen molar-refractivity contribution in [3.05, 3.63) is 20.8 Å². The maximum atomic E-state index is 12.3. The number of rotatable bonds is 3. The fourth-order valence-corrected chi connectivity index (χ4v) is 3.45. The van der Waals surface area contributed by atoms with Crippen molar-refractivity contribution in [3.63, 3.8) is 0 Å². The van der Waals surface area contributed by atoms with Gasteiger partial charge in [-0.3, -0.25) is 9.59 Å².